The highest BCUT2D eigenvalue weighted by atomic mass is 32.2. The topological polar surface area (TPSA) is 61.8 Å². The van der Waals surface area contributed by atoms with Crippen molar-refractivity contribution in [1.82, 2.24) is 10.2 Å². The first-order valence-corrected chi connectivity index (χ1v) is 10.5. The zero-order valence-corrected chi connectivity index (χ0v) is 16.1. The molecule has 2 atom stereocenters. The van der Waals surface area contributed by atoms with Gasteiger partial charge in [-0.2, -0.15) is 0 Å². The summed E-state index contributed by atoms with van der Waals surface area (Å²) in [5, 5.41) is 3.28. The summed E-state index contributed by atoms with van der Waals surface area (Å²) in [5.41, 5.74) is 0.113. The molecule has 1 aliphatic carbocycles. The fraction of sp³-hybridized carbons (Fsp3) is 0.611. The van der Waals surface area contributed by atoms with Gasteiger partial charge in [0.05, 0.1) is 10.5 Å². The van der Waals surface area contributed by atoms with E-state index < -0.39 is 26.2 Å². The highest BCUT2D eigenvalue weighted by Gasteiger charge is 2.45. The molecule has 1 saturated carbocycles. The van der Waals surface area contributed by atoms with E-state index in [9.17, 15) is 17.2 Å². The highest BCUT2D eigenvalue weighted by Crippen LogP contribution is 2.43. The Balaban J connectivity index is 1.73. The van der Waals surface area contributed by atoms with E-state index in [0.29, 0.717) is 32.0 Å². The van der Waals surface area contributed by atoms with Crippen LogP contribution in [0, 0.1) is 11.6 Å². The molecule has 1 heterocycles. The van der Waals surface area contributed by atoms with E-state index in [1.165, 1.54) is 18.2 Å². The number of nitrogens with one attached hydrogen (secondary N) is 1. The second kappa shape index (κ2) is 6.79. The molecule has 1 aromatic carbocycles. The number of hydrogen-bond acceptors (Lipinski definition) is 3. The maximum Gasteiger partial charge on any atom is 0.194 e. The number of hydrogen-bond donors (Lipinski definition) is 1. The molecule has 8 heteroatoms. The Morgan fingerprint density at radius 3 is 2.58 bits per heavy atom. The lowest BCUT2D eigenvalue weighted by Gasteiger charge is -2.39. The summed E-state index contributed by atoms with van der Waals surface area (Å²) >= 11 is 0. The van der Waals surface area contributed by atoms with Gasteiger partial charge in [-0.05, 0) is 39.3 Å². The normalized spacial score (nSPS) is 27.3. The van der Waals surface area contributed by atoms with E-state index in [-0.39, 0.29) is 23.3 Å². The number of benzene rings is 1. The third-order valence-electron chi connectivity index (χ3n) is 5.13. The molecule has 1 aliphatic heterocycles. The van der Waals surface area contributed by atoms with Crippen molar-refractivity contribution in [2.24, 2.45) is 4.99 Å². The summed E-state index contributed by atoms with van der Waals surface area (Å²) in [7, 11) is -3.14. The molecule has 3 rings (SSSR count). The minimum Gasteiger partial charge on any atom is -0.353 e. The highest BCUT2D eigenvalue weighted by molar-refractivity contribution is 7.92. The van der Waals surface area contributed by atoms with Gasteiger partial charge < -0.3 is 10.2 Å². The standard InChI is InChI=1S/C18H25F2N3O2S/c1-4-21-17(23-8-9-26(24,25)18(2,3)11-23)22-15-10-12(15)16-13(19)6-5-7-14(16)20/h5-7,12,15H,4,8-11H2,1-3H3,(H,21,22). The predicted molar refractivity (Wildman–Crippen MR) is 98.1 cm³/mol. The molecule has 144 valence electrons. The number of sulfone groups is 1. The number of rotatable bonds is 3. The van der Waals surface area contributed by atoms with Gasteiger partial charge in [0.2, 0.25) is 0 Å². The third kappa shape index (κ3) is 3.56. The van der Waals surface area contributed by atoms with Crippen molar-refractivity contribution in [2.45, 2.75) is 43.9 Å². The average Bonchev–Trinajstić information content (AvgIpc) is 3.28. The van der Waals surface area contributed by atoms with E-state index in [0.717, 1.165) is 0 Å². The van der Waals surface area contributed by atoms with E-state index in [1.54, 1.807) is 13.8 Å². The summed E-state index contributed by atoms with van der Waals surface area (Å²) in [6.07, 6.45) is 0.621. The van der Waals surface area contributed by atoms with Gasteiger partial charge in [0.15, 0.2) is 15.8 Å². The quantitative estimate of drug-likeness (QED) is 0.641. The van der Waals surface area contributed by atoms with Gasteiger partial charge in [-0.1, -0.05) is 6.07 Å². The van der Waals surface area contributed by atoms with Crippen molar-refractivity contribution in [1.29, 1.82) is 0 Å². The van der Waals surface area contributed by atoms with E-state index in [2.05, 4.69) is 10.3 Å². The van der Waals surface area contributed by atoms with Gasteiger partial charge in [-0.15, -0.1) is 0 Å². The molecular weight excluding hydrogens is 360 g/mol. The van der Waals surface area contributed by atoms with Crippen LogP contribution in [0.4, 0.5) is 8.78 Å². The van der Waals surface area contributed by atoms with Gasteiger partial charge in [-0.25, -0.2) is 17.2 Å². The Morgan fingerprint density at radius 2 is 2.00 bits per heavy atom. The Hall–Kier alpha value is -1.70. The molecule has 0 aromatic heterocycles. The minimum atomic E-state index is -3.14. The smallest absolute Gasteiger partial charge is 0.194 e. The first-order valence-electron chi connectivity index (χ1n) is 8.88. The predicted octanol–water partition coefficient (Wildman–Crippen LogP) is 2.30. The van der Waals surface area contributed by atoms with Crippen molar-refractivity contribution in [2.75, 3.05) is 25.4 Å². The monoisotopic (exact) mass is 385 g/mol. The molecular formula is C18H25F2N3O2S. The Bertz CT molecular complexity index is 803. The summed E-state index contributed by atoms with van der Waals surface area (Å²) in [4.78, 5) is 6.39. The van der Waals surface area contributed by atoms with Crippen LogP contribution in [0.25, 0.3) is 0 Å². The number of aliphatic imine (C=N–C) groups is 1. The van der Waals surface area contributed by atoms with Crippen molar-refractivity contribution < 1.29 is 17.2 Å². The third-order valence-corrected chi connectivity index (χ3v) is 7.66. The first-order chi connectivity index (χ1) is 12.2. The van der Waals surface area contributed by atoms with Crippen LogP contribution in [-0.2, 0) is 9.84 Å². The van der Waals surface area contributed by atoms with Crippen molar-refractivity contribution in [3.63, 3.8) is 0 Å². The molecule has 1 N–H and O–H groups in total. The Labute approximate surface area is 153 Å². The molecule has 0 spiro atoms. The molecule has 2 unspecified atom stereocenters. The van der Waals surface area contributed by atoms with Crippen LogP contribution in [0.2, 0.25) is 0 Å². The second-order valence-corrected chi connectivity index (χ2v) is 10.3. The van der Waals surface area contributed by atoms with Gasteiger partial charge in [0.25, 0.3) is 0 Å². The Morgan fingerprint density at radius 1 is 1.35 bits per heavy atom. The van der Waals surface area contributed by atoms with Crippen LogP contribution in [0.5, 0.6) is 0 Å². The molecule has 0 bridgehead atoms. The van der Waals surface area contributed by atoms with Crippen LogP contribution >= 0.6 is 0 Å². The summed E-state index contributed by atoms with van der Waals surface area (Å²) < 4.78 is 51.5. The molecule has 1 aromatic rings. The first kappa shape index (κ1) is 19.1. The fourth-order valence-corrected chi connectivity index (χ4v) is 4.78. The van der Waals surface area contributed by atoms with Crippen molar-refractivity contribution in [3.8, 4) is 0 Å². The van der Waals surface area contributed by atoms with Crippen LogP contribution in [0.3, 0.4) is 0 Å². The SMILES string of the molecule is CCN=C(NC1CC1c1c(F)cccc1F)N1CCS(=O)(=O)C(C)(C)C1. The van der Waals surface area contributed by atoms with Crippen LogP contribution < -0.4 is 5.32 Å². The van der Waals surface area contributed by atoms with Gasteiger partial charge in [-0.3, -0.25) is 4.99 Å². The zero-order chi connectivity index (χ0) is 19.1. The largest absolute Gasteiger partial charge is 0.353 e. The van der Waals surface area contributed by atoms with Crippen LogP contribution in [-0.4, -0.2) is 55.5 Å². The van der Waals surface area contributed by atoms with Crippen molar-refractivity contribution in [3.05, 3.63) is 35.4 Å². The molecule has 26 heavy (non-hydrogen) atoms. The number of halogens is 2. The molecule has 0 radical (unpaired) electrons. The van der Waals surface area contributed by atoms with Crippen LogP contribution in [0.1, 0.15) is 38.7 Å². The van der Waals surface area contributed by atoms with E-state index in [1.807, 2.05) is 11.8 Å². The lowest BCUT2D eigenvalue weighted by Crippen LogP contribution is -2.57. The van der Waals surface area contributed by atoms with Gasteiger partial charge in [0.1, 0.15) is 11.6 Å². The lowest BCUT2D eigenvalue weighted by atomic mass is 10.1. The van der Waals surface area contributed by atoms with E-state index in [4.69, 9.17) is 0 Å². The summed E-state index contributed by atoms with van der Waals surface area (Å²) in [6.45, 7) is 6.57. The maximum atomic E-state index is 14.0. The molecule has 0 amide bonds. The summed E-state index contributed by atoms with van der Waals surface area (Å²) in [6, 6.07) is 3.80. The molecule has 2 fully saturated rings. The van der Waals surface area contributed by atoms with Crippen LogP contribution in [0.15, 0.2) is 23.2 Å². The summed E-state index contributed by atoms with van der Waals surface area (Å²) in [5.74, 6) is -0.614. The second-order valence-electron chi connectivity index (χ2n) is 7.53. The molecule has 1 saturated heterocycles. The van der Waals surface area contributed by atoms with Gasteiger partial charge >= 0.3 is 0 Å². The Kier molecular flexibility index (Phi) is 4.98. The molecule has 2 aliphatic rings. The molecule has 5 nitrogen and oxygen atoms in total. The number of nitrogens with zero attached hydrogens (tertiary/aromatic N) is 2. The van der Waals surface area contributed by atoms with E-state index >= 15 is 0 Å². The lowest BCUT2D eigenvalue weighted by molar-refractivity contribution is 0.352. The average molecular weight is 385 g/mol. The minimum absolute atomic E-state index is 0.0699. The van der Waals surface area contributed by atoms with Crippen molar-refractivity contribution >= 4 is 15.8 Å². The zero-order valence-electron chi connectivity index (χ0n) is 15.3. The maximum absolute atomic E-state index is 14.0. The fourth-order valence-electron chi connectivity index (χ4n) is 3.42. The number of guanidine groups is 1. The van der Waals surface area contributed by atoms with Gasteiger partial charge in [0, 0.05) is 37.2 Å².